The quantitative estimate of drug-likeness (QED) is 0.744. The summed E-state index contributed by atoms with van der Waals surface area (Å²) < 4.78 is 0. The highest BCUT2D eigenvalue weighted by Gasteiger charge is 2.22. The van der Waals surface area contributed by atoms with E-state index < -0.39 is 0 Å². The van der Waals surface area contributed by atoms with E-state index in [1.54, 1.807) is 0 Å². The van der Waals surface area contributed by atoms with Gasteiger partial charge in [-0.15, -0.1) is 0 Å². The van der Waals surface area contributed by atoms with Crippen molar-refractivity contribution in [2.75, 3.05) is 0 Å². The number of Topliss-reactive ketones (excluding diaryl/α,β-unsaturated/α-hetero) is 1. The molecule has 1 aromatic carbocycles. The highest BCUT2D eigenvalue weighted by molar-refractivity contribution is 5.87. The molecule has 1 aromatic heterocycles. The lowest BCUT2D eigenvalue weighted by Crippen LogP contribution is -2.13. The number of rotatable bonds is 1. The predicted octanol–water partition coefficient (Wildman–Crippen LogP) is 3.46. The van der Waals surface area contributed by atoms with E-state index in [1.807, 2.05) is 18.5 Å². The van der Waals surface area contributed by atoms with Crippen LogP contribution in [0.15, 0.2) is 36.7 Å². The number of nitrogens with zero attached hydrogens (tertiary/aromatic N) is 1. The minimum absolute atomic E-state index is 0.370. The molecule has 2 nitrogen and oxygen atoms in total. The Morgan fingerprint density at radius 2 is 2.06 bits per heavy atom. The third-order valence-electron chi connectivity index (χ3n) is 3.62. The normalized spacial score (nSPS) is 20.7. The van der Waals surface area contributed by atoms with Crippen LogP contribution in [0, 0.1) is 0 Å². The Morgan fingerprint density at radius 3 is 2.94 bits per heavy atom. The first-order valence-electron chi connectivity index (χ1n) is 6.19. The Bertz CT molecular complexity index is 556. The molecular formula is C15H15NO. The van der Waals surface area contributed by atoms with Crippen molar-refractivity contribution >= 4 is 16.6 Å². The van der Waals surface area contributed by atoms with Gasteiger partial charge in [0.15, 0.2) is 0 Å². The molecule has 0 radical (unpaired) electrons. The maximum absolute atomic E-state index is 11.6. The molecule has 86 valence electrons. The molecule has 0 N–H and O–H groups in total. The molecule has 1 aliphatic carbocycles. The number of carbonyl (C=O) groups excluding carboxylic acids is 1. The summed E-state index contributed by atoms with van der Waals surface area (Å²) in [6, 6.07) is 8.29. The van der Waals surface area contributed by atoms with Gasteiger partial charge in [0, 0.05) is 30.6 Å². The van der Waals surface area contributed by atoms with Crippen molar-refractivity contribution in [2.45, 2.75) is 31.6 Å². The maximum Gasteiger partial charge on any atom is 0.133 e. The minimum atomic E-state index is 0.370. The van der Waals surface area contributed by atoms with Crippen LogP contribution in [0.25, 0.3) is 10.8 Å². The second kappa shape index (κ2) is 4.28. The average molecular weight is 225 g/mol. The Kier molecular flexibility index (Phi) is 2.63. The van der Waals surface area contributed by atoms with Gasteiger partial charge < -0.3 is 0 Å². The van der Waals surface area contributed by atoms with Gasteiger partial charge in [-0.1, -0.05) is 24.3 Å². The van der Waals surface area contributed by atoms with E-state index in [0.29, 0.717) is 18.1 Å². The molecule has 1 saturated carbocycles. The average Bonchev–Trinajstić information content (AvgIpc) is 2.38. The summed E-state index contributed by atoms with van der Waals surface area (Å²) in [5, 5.41) is 2.42. The van der Waals surface area contributed by atoms with Crippen LogP contribution in [0.1, 0.15) is 37.2 Å². The van der Waals surface area contributed by atoms with E-state index in [-0.39, 0.29) is 0 Å². The molecule has 1 atom stereocenters. The summed E-state index contributed by atoms with van der Waals surface area (Å²) >= 11 is 0. The van der Waals surface area contributed by atoms with Gasteiger partial charge in [-0.2, -0.15) is 0 Å². The second-order valence-electron chi connectivity index (χ2n) is 4.78. The fourth-order valence-electron chi connectivity index (χ4n) is 2.76. The highest BCUT2D eigenvalue weighted by Crippen LogP contribution is 2.34. The Morgan fingerprint density at radius 1 is 1.18 bits per heavy atom. The third kappa shape index (κ3) is 1.95. The van der Waals surface area contributed by atoms with Gasteiger partial charge in [-0.25, -0.2) is 0 Å². The summed E-state index contributed by atoms with van der Waals surface area (Å²) in [6.45, 7) is 0. The lowest BCUT2D eigenvalue weighted by atomic mass is 9.82. The highest BCUT2D eigenvalue weighted by atomic mass is 16.1. The van der Waals surface area contributed by atoms with Gasteiger partial charge in [0.2, 0.25) is 0 Å². The van der Waals surface area contributed by atoms with Gasteiger partial charge in [0.05, 0.1) is 0 Å². The van der Waals surface area contributed by atoms with Crippen molar-refractivity contribution in [3.8, 4) is 0 Å². The van der Waals surface area contributed by atoms with Gasteiger partial charge in [0.1, 0.15) is 5.78 Å². The van der Waals surface area contributed by atoms with Crippen molar-refractivity contribution in [2.24, 2.45) is 0 Å². The number of carbonyl (C=O) groups is 1. The monoisotopic (exact) mass is 225 g/mol. The molecule has 0 saturated heterocycles. The summed E-state index contributed by atoms with van der Waals surface area (Å²) in [7, 11) is 0. The molecule has 1 fully saturated rings. The molecule has 3 rings (SSSR count). The summed E-state index contributed by atoms with van der Waals surface area (Å²) in [6.07, 6.45) is 7.41. The minimum Gasteiger partial charge on any atom is -0.300 e. The van der Waals surface area contributed by atoms with Crippen LogP contribution in [0.4, 0.5) is 0 Å². The molecule has 17 heavy (non-hydrogen) atoms. The second-order valence-corrected chi connectivity index (χ2v) is 4.78. The van der Waals surface area contributed by atoms with Gasteiger partial charge >= 0.3 is 0 Å². The van der Waals surface area contributed by atoms with Crippen molar-refractivity contribution < 1.29 is 4.79 Å². The van der Waals surface area contributed by atoms with Crippen molar-refractivity contribution in [1.29, 1.82) is 0 Å². The number of benzene rings is 1. The van der Waals surface area contributed by atoms with E-state index in [2.05, 4.69) is 23.2 Å². The van der Waals surface area contributed by atoms with Crippen LogP contribution in [-0.4, -0.2) is 10.8 Å². The largest absolute Gasteiger partial charge is 0.300 e. The third-order valence-corrected chi connectivity index (χ3v) is 3.62. The lowest BCUT2D eigenvalue weighted by Gasteiger charge is -2.22. The Hall–Kier alpha value is -1.70. The molecular weight excluding hydrogens is 210 g/mol. The fourth-order valence-corrected chi connectivity index (χ4v) is 2.76. The molecule has 1 unspecified atom stereocenters. The van der Waals surface area contributed by atoms with Crippen molar-refractivity contribution in [1.82, 2.24) is 4.98 Å². The van der Waals surface area contributed by atoms with Gasteiger partial charge in [0.25, 0.3) is 0 Å². The first-order valence-corrected chi connectivity index (χ1v) is 6.19. The zero-order valence-corrected chi connectivity index (χ0v) is 9.73. The van der Waals surface area contributed by atoms with E-state index in [9.17, 15) is 4.79 Å². The Balaban J connectivity index is 2.07. The standard InChI is InChI=1S/C15H15NO/c17-13-6-3-5-11(8-13)15-10-16-9-12-4-1-2-7-14(12)15/h1-2,4,7,9-11H,3,5-6,8H2. The number of fused-ring (bicyclic) bond motifs is 1. The fraction of sp³-hybridized carbons (Fsp3) is 0.333. The Labute approximate surface area is 101 Å². The number of hydrogen-bond donors (Lipinski definition) is 0. The molecule has 1 aliphatic rings. The van der Waals surface area contributed by atoms with Crippen molar-refractivity contribution in [3.05, 3.63) is 42.2 Å². The van der Waals surface area contributed by atoms with Crippen LogP contribution in [-0.2, 0) is 4.79 Å². The molecule has 0 aliphatic heterocycles. The molecule has 0 bridgehead atoms. The smallest absolute Gasteiger partial charge is 0.133 e. The molecule has 2 aromatic rings. The van der Waals surface area contributed by atoms with E-state index in [1.165, 1.54) is 16.3 Å². The zero-order chi connectivity index (χ0) is 11.7. The summed E-state index contributed by atoms with van der Waals surface area (Å²) in [4.78, 5) is 15.9. The molecule has 0 amide bonds. The van der Waals surface area contributed by atoms with E-state index in [4.69, 9.17) is 0 Å². The topological polar surface area (TPSA) is 30.0 Å². The number of ketones is 1. The number of hydrogen-bond acceptors (Lipinski definition) is 2. The first-order chi connectivity index (χ1) is 8.34. The molecule has 2 heteroatoms. The number of pyridine rings is 1. The summed E-state index contributed by atoms with van der Waals surface area (Å²) in [5.41, 5.74) is 1.25. The molecule has 1 heterocycles. The van der Waals surface area contributed by atoms with Crippen LogP contribution in [0.2, 0.25) is 0 Å². The van der Waals surface area contributed by atoms with Crippen LogP contribution < -0.4 is 0 Å². The van der Waals surface area contributed by atoms with Crippen LogP contribution in [0.5, 0.6) is 0 Å². The zero-order valence-electron chi connectivity index (χ0n) is 9.73. The molecule has 0 spiro atoms. The van der Waals surface area contributed by atoms with Crippen molar-refractivity contribution in [3.63, 3.8) is 0 Å². The summed E-state index contributed by atoms with van der Waals surface area (Å²) in [5.74, 6) is 0.768. The van der Waals surface area contributed by atoms with Gasteiger partial charge in [-0.3, -0.25) is 9.78 Å². The predicted molar refractivity (Wildman–Crippen MR) is 68.0 cm³/mol. The van der Waals surface area contributed by atoms with Gasteiger partial charge in [-0.05, 0) is 29.7 Å². The van der Waals surface area contributed by atoms with Crippen LogP contribution in [0.3, 0.4) is 0 Å². The van der Waals surface area contributed by atoms with E-state index >= 15 is 0 Å². The SMILES string of the molecule is O=C1CCCC(c2cncc3ccccc23)C1. The van der Waals surface area contributed by atoms with Crippen LogP contribution >= 0.6 is 0 Å². The lowest BCUT2D eigenvalue weighted by molar-refractivity contribution is -0.120. The first kappa shape index (κ1) is 10.5. The van der Waals surface area contributed by atoms with E-state index in [0.717, 1.165) is 19.3 Å². The maximum atomic E-state index is 11.6. The number of aromatic nitrogens is 1.